The number of methoxy groups -OCH3 is 1. The third kappa shape index (κ3) is 3.51. The van der Waals surface area contributed by atoms with Crippen LogP contribution in [-0.4, -0.2) is 13.1 Å². The van der Waals surface area contributed by atoms with E-state index in [1.165, 1.54) is 31.4 Å². The molecule has 130 valence electrons. The van der Waals surface area contributed by atoms with Crippen LogP contribution in [0.25, 0.3) is 10.1 Å². The van der Waals surface area contributed by atoms with Crippen LogP contribution in [0.2, 0.25) is 5.02 Å². The van der Waals surface area contributed by atoms with Gasteiger partial charge in [0.2, 0.25) is 0 Å². The fraction of sp³-hybridized carbons (Fsp3) is 0.167. The number of hydrogen-bond acceptors (Lipinski definition) is 4. The Balaban J connectivity index is 1.92. The average molecular weight is 383 g/mol. The van der Waals surface area contributed by atoms with Crippen LogP contribution >= 0.6 is 22.9 Å². The molecule has 0 unspecified atom stereocenters. The van der Waals surface area contributed by atoms with Crippen molar-refractivity contribution in [3.63, 3.8) is 0 Å². The number of benzene rings is 2. The van der Waals surface area contributed by atoms with Crippen LogP contribution in [0.1, 0.15) is 20.8 Å². The fourth-order valence-corrected chi connectivity index (χ4v) is 3.82. The summed E-state index contributed by atoms with van der Waals surface area (Å²) in [5, 5.41) is 0.512. The highest BCUT2D eigenvalue weighted by molar-refractivity contribution is 7.21. The van der Waals surface area contributed by atoms with E-state index in [1.807, 2.05) is 0 Å². The van der Waals surface area contributed by atoms with Crippen LogP contribution in [0, 0.1) is 11.6 Å². The summed E-state index contributed by atoms with van der Waals surface area (Å²) in [5.74, 6) is -1.66. The molecule has 0 saturated heterocycles. The Bertz CT molecular complexity index is 919. The Morgan fingerprint density at radius 1 is 1.08 bits per heavy atom. The lowest BCUT2D eigenvalue weighted by molar-refractivity contribution is 0.0471. The van der Waals surface area contributed by atoms with Crippen LogP contribution in [0.3, 0.4) is 0 Å². The molecule has 0 bridgehead atoms. The van der Waals surface area contributed by atoms with Crippen molar-refractivity contribution in [3.8, 4) is 0 Å². The minimum absolute atomic E-state index is 0.0613. The maximum atomic E-state index is 14.1. The molecule has 1 heterocycles. The first-order valence-corrected chi connectivity index (χ1v) is 8.51. The van der Waals surface area contributed by atoms with Crippen molar-refractivity contribution in [3.05, 3.63) is 69.1 Å². The number of carbonyl (C=O) groups is 1. The number of thiophene rings is 1. The highest BCUT2D eigenvalue weighted by Crippen LogP contribution is 2.34. The van der Waals surface area contributed by atoms with Crippen molar-refractivity contribution in [2.24, 2.45) is 0 Å². The van der Waals surface area contributed by atoms with E-state index < -0.39 is 17.6 Å². The Morgan fingerprint density at radius 3 is 2.52 bits per heavy atom. The first-order chi connectivity index (χ1) is 12.0. The van der Waals surface area contributed by atoms with E-state index in [0.717, 1.165) is 11.3 Å². The standard InChI is InChI=1S/C18H13ClF2O3S/c1-23-8-11-16-14(21)6-3-7-15(16)25-17(11)18(22)24-9-10-12(19)4-2-5-13(10)20/h2-7H,8-9H2,1H3. The first-order valence-electron chi connectivity index (χ1n) is 7.31. The summed E-state index contributed by atoms with van der Waals surface area (Å²) in [7, 11) is 1.46. The number of carbonyl (C=O) groups excluding carboxylic acids is 1. The number of rotatable bonds is 5. The lowest BCUT2D eigenvalue weighted by Gasteiger charge is -2.08. The molecule has 3 aromatic rings. The van der Waals surface area contributed by atoms with E-state index in [9.17, 15) is 13.6 Å². The summed E-state index contributed by atoms with van der Waals surface area (Å²) in [6.07, 6.45) is 0. The molecule has 0 radical (unpaired) electrons. The van der Waals surface area contributed by atoms with Crippen molar-refractivity contribution in [2.75, 3.05) is 7.11 Å². The molecule has 0 saturated carbocycles. The molecule has 3 rings (SSSR count). The zero-order chi connectivity index (χ0) is 18.0. The maximum absolute atomic E-state index is 14.1. The summed E-state index contributed by atoms with van der Waals surface area (Å²) in [6, 6.07) is 8.82. The molecule has 3 nitrogen and oxygen atoms in total. The maximum Gasteiger partial charge on any atom is 0.349 e. The lowest BCUT2D eigenvalue weighted by atomic mass is 10.1. The third-order valence-corrected chi connectivity index (χ3v) is 5.18. The zero-order valence-corrected chi connectivity index (χ0v) is 14.7. The molecule has 0 spiro atoms. The highest BCUT2D eigenvalue weighted by atomic mass is 35.5. The van der Waals surface area contributed by atoms with Gasteiger partial charge >= 0.3 is 5.97 Å². The van der Waals surface area contributed by atoms with Gasteiger partial charge in [-0.3, -0.25) is 0 Å². The number of fused-ring (bicyclic) bond motifs is 1. The van der Waals surface area contributed by atoms with E-state index in [1.54, 1.807) is 12.1 Å². The van der Waals surface area contributed by atoms with Gasteiger partial charge in [0.05, 0.1) is 11.6 Å². The van der Waals surface area contributed by atoms with E-state index in [4.69, 9.17) is 21.1 Å². The predicted octanol–water partition coefficient (Wildman–Crippen LogP) is 5.34. The van der Waals surface area contributed by atoms with E-state index in [0.29, 0.717) is 15.6 Å². The number of ether oxygens (including phenoxy) is 2. The van der Waals surface area contributed by atoms with Crippen LogP contribution in [0.5, 0.6) is 0 Å². The molecule has 0 amide bonds. The minimum atomic E-state index is -0.674. The van der Waals surface area contributed by atoms with Gasteiger partial charge in [0.1, 0.15) is 23.1 Å². The van der Waals surface area contributed by atoms with Crippen LogP contribution < -0.4 is 0 Å². The van der Waals surface area contributed by atoms with Gasteiger partial charge in [-0.15, -0.1) is 11.3 Å². The molecule has 1 aromatic heterocycles. The Kier molecular flexibility index (Phi) is 5.32. The summed E-state index contributed by atoms with van der Waals surface area (Å²) < 4.78 is 38.8. The third-order valence-electron chi connectivity index (χ3n) is 3.65. The highest BCUT2D eigenvalue weighted by Gasteiger charge is 2.22. The minimum Gasteiger partial charge on any atom is -0.456 e. The van der Waals surface area contributed by atoms with Crippen molar-refractivity contribution >= 4 is 39.0 Å². The average Bonchev–Trinajstić information content (AvgIpc) is 2.95. The normalized spacial score (nSPS) is 11.0. The molecular weight excluding hydrogens is 370 g/mol. The SMILES string of the molecule is COCc1c(C(=O)OCc2c(F)cccc2Cl)sc2cccc(F)c12. The predicted molar refractivity (Wildman–Crippen MR) is 93.0 cm³/mol. The van der Waals surface area contributed by atoms with Gasteiger partial charge in [-0.1, -0.05) is 23.7 Å². The summed E-state index contributed by atoms with van der Waals surface area (Å²) in [4.78, 5) is 12.7. The van der Waals surface area contributed by atoms with Gasteiger partial charge in [0.25, 0.3) is 0 Å². The second kappa shape index (κ2) is 7.47. The van der Waals surface area contributed by atoms with E-state index >= 15 is 0 Å². The smallest absolute Gasteiger partial charge is 0.349 e. The van der Waals surface area contributed by atoms with Gasteiger partial charge in [-0.25, -0.2) is 13.6 Å². The van der Waals surface area contributed by atoms with Gasteiger partial charge in [-0.05, 0) is 24.3 Å². The molecule has 0 aliphatic heterocycles. The van der Waals surface area contributed by atoms with Crippen LogP contribution in [0.15, 0.2) is 36.4 Å². The monoisotopic (exact) mass is 382 g/mol. The molecule has 0 fully saturated rings. The second-order valence-corrected chi connectivity index (χ2v) is 6.69. The van der Waals surface area contributed by atoms with Crippen molar-refractivity contribution in [2.45, 2.75) is 13.2 Å². The summed E-state index contributed by atoms with van der Waals surface area (Å²) in [6.45, 7) is -0.251. The molecule has 0 atom stereocenters. The molecule has 0 aliphatic carbocycles. The Morgan fingerprint density at radius 2 is 1.80 bits per heavy atom. The number of halogens is 3. The molecule has 0 N–H and O–H groups in total. The van der Waals surface area contributed by atoms with Gasteiger partial charge in [-0.2, -0.15) is 0 Å². The van der Waals surface area contributed by atoms with Gasteiger partial charge in [0.15, 0.2) is 0 Å². The summed E-state index contributed by atoms with van der Waals surface area (Å²) in [5.41, 5.74) is 0.517. The fourth-order valence-electron chi connectivity index (χ4n) is 2.49. The Labute approximate surface area is 151 Å². The zero-order valence-electron chi connectivity index (χ0n) is 13.1. The Hall–Kier alpha value is -2.02. The topological polar surface area (TPSA) is 35.5 Å². The van der Waals surface area contributed by atoms with Crippen LogP contribution in [0.4, 0.5) is 8.78 Å². The lowest BCUT2D eigenvalue weighted by Crippen LogP contribution is -2.07. The second-order valence-electron chi connectivity index (χ2n) is 5.23. The first kappa shape index (κ1) is 17.8. The van der Waals surface area contributed by atoms with Crippen molar-refractivity contribution in [1.29, 1.82) is 0 Å². The molecule has 0 aliphatic rings. The van der Waals surface area contributed by atoms with E-state index in [2.05, 4.69) is 0 Å². The summed E-state index contributed by atoms with van der Waals surface area (Å²) >= 11 is 7.04. The van der Waals surface area contributed by atoms with Gasteiger partial charge in [0, 0.05) is 28.3 Å². The van der Waals surface area contributed by atoms with Crippen molar-refractivity contribution < 1.29 is 23.0 Å². The molecule has 7 heteroatoms. The van der Waals surface area contributed by atoms with Gasteiger partial charge < -0.3 is 9.47 Å². The molecule has 25 heavy (non-hydrogen) atoms. The van der Waals surface area contributed by atoms with Crippen LogP contribution in [-0.2, 0) is 22.7 Å². The van der Waals surface area contributed by atoms with E-state index in [-0.39, 0.29) is 28.7 Å². The number of hydrogen-bond donors (Lipinski definition) is 0. The quantitative estimate of drug-likeness (QED) is 0.559. The number of esters is 1. The van der Waals surface area contributed by atoms with Crippen molar-refractivity contribution in [1.82, 2.24) is 0 Å². The molecule has 2 aromatic carbocycles. The molecular formula is C18H13ClF2O3S. The largest absolute Gasteiger partial charge is 0.456 e.